The first-order valence-corrected chi connectivity index (χ1v) is 7.97. The van der Waals surface area contributed by atoms with Crippen LogP contribution < -0.4 is 10.9 Å². The van der Waals surface area contributed by atoms with Crippen LogP contribution in [-0.4, -0.2) is 21.3 Å². The molecule has 0 fully saturated rings. The van der Waals surface area contributed by atoms with Gasteiger partial charge in [0.1, 0.15) is 4.47 Å². The Morgan fingerprint density at radius 2 is 2.18 bits per heavy atom. The minimum absolute atomic E-state index is 0.137. The lowest BCUT2D eigenvalue weighted by Gasteiger charge is -2.08. The molecule has 3 aromatic rings. The smallest absolute Gasteiger partial charge is 0.282 e. The van der Waals surface area contributed by atoms with Crippen LogP contribution in [0.5, 0.6) is 0 Å². The van der Waals surface area contributed by atoms with Gasteiger partial charge in [0, 0.05) is 30.7 Å². The van der Waals surface area contributed by atoms with Crippen molar-refractivity contribution in [3.8, 4) is 0 Å². The van der Waals surface area contributed by atoms with E-state index in [2.05, 4.69) is 55.7 Å². The normalized spacial score (nSPS) is 11.0. The van der Waals surface area contributed by atoms with Crippen molar-refractivity contribution < 1.29 is 0 Å². The van der Waals surface area contributed by atoms with Gasteiger partial charge in [-0.3, -0.25) is 4.79 Å². The number of aromatic nitrogens is 3. The number of rotatable bonds is 5. The number of H-pyrrole nitrogens is 1. The molecule has 0 saturated carbocycles. The maximum absolute atomic E-state index is 11.8. The number of benzene rings is 1. The zero-order chi connectivity index (χ0) is 15.5. The van der Waals surface area contributed by atoms with Crippen LogP contribution in [0.4, 0.5) is 5.69 Å². The molecule has 5 nitrogen and oxygen atoms in total. The molecule has 0 aliphatic rings. The van der Waals surface area contributed by atoms with Crippen molar-refractivity contribution in [2.24, 2.45) is 7.05 Å². The number of nitrogens with one attached hydrogen (secondary N) is 2. The molecule has 0 saturated heterocycles. The summed E-state index contributed by atoms with van der Waals surface area (Å²) in [5.41, 5.74) is 3.09. The fourth-order valence-electron chi connectivity index (χ4n) is 2.47. The fraction of sp³-hybridized carbons (Fsp3) is 0.250. The maximum atomic E-state index is 11.8. The second-order valence-corrected chi connectivity index (χ2v) is 5.98. The molecule has 3 rings (SSSR count). The van der Waals surface area contributed by atoms with Gasteiger partial charge in [0.15, 0.2) is 0 Å². The molecular formula is C16H17BrN4O. The summed E-state index contributed by atoms with van der Waals surface area (Å²) in [6.07, 6.45) is 5.69. The van der Waals surface area contributed by atoms with Crippen LogP contribution in [0.3, 0.4) is 0 Å². The van der Waals surface area contributed by atoms with Gasteiger partial charge in [-0.2, -0.15) is 5.10 Å². The standard InChI is InChI=1S/C16H17BrN4O/c1-21-16(22)15(17)14(10-20-21)18-8-4-5-11-9-19-13-7-3-2-6-12(11)13/h2-3,6-7,9-10,18-19H,4-5,8H2,1H3. The minimum atomic E-state index is -0.137. The molecule has 0 radical (unpaired) electrons. The van der Waals surface area contributed by atoms with E-state index in [0.717, 1.165) is 25.1 Å². The Bertz CT molecular complexity index is 853. The average Bonchev–Trinajstić information content (AvgIpc) is 2.94. The molecule has 0 atom stereocenters. The third kappa shape index (κ3) is 2.92. The van der Waals surface area contributed by atoms with Gasteiger partial charge in [-0.15, -0.1) is 0 Å². The molecule has 0 aliphatic heterocycles. The van der Waals surface area contributed by atoms with Crippen LogP contribution in [-0.2, 0) is 13.5 Å². The lowest BCUT2D eigenvalue weighted by Crippen LogP contribution is -2.21. The van der Waals surface area contributed by atoms with E-state index in [1.54, 1.807) is 13.2 Å². The van der Waals surface area contributed by atoms with Gasteiger partial charge in [0.2, 0.25) is 0 Å². The molecule has 0 unspecified atom stereocenters. The van der Waals surface area contributed by atoms with E-state index in [4.69, 9.17) is 0 Å². The fourth-order valence-corrected chi connectivity index (χ4v) is 2.97. The zero-order valence-electron chi connectivity index (χ0n) is 12.3. The highest BCUT2D eigenvalue weighted by atomic mass is 79.9. The number of aromatic amines is 1. The summed E-state index contributed by atoms with van der Waals surface area (Å²) in [4.78, 5) is 15.1. The zero-order valence-corrected chi connectivity index (χ0v) is 13.9. The van der Waals surface area contributed by atoms with Crippen molar-refractivity contribution in [2.45, 2.75) is 12.8 Å². The number of para-hydroxylation sites is 1. The quantitative estimate of drug-likeness (QED) is 0.687. The first-order valence-electron chi connectivity index (χ1n) is 7.17. The summed E-state index contributed by atoms with van der Waals surface area (Å²) in [7, 11) is 1.63. The SMILES string of the molecule is Cn1ncc(NCCCc2c[nH]c3ccccc23)c(Br)c1=O. The molecule has 0 spiro atoms. The van der Waals surface area contributed by atoms with E-state index in [1.165, 1.54) is 21.1 Å². The molecule has 0 aliphatic carbocycles. The van der Waals surface area contributed by atoms with Gasteiger partial charge in [0.05, 0.1) is 11.9 Å². The lowest BCUT2D eigenvalue weighted by molar-refractivity contribution is 0.702. The summed E-state index contributed by atoms with van der Waals surface area (Å²) in [5, 5.41) is 8.55. The third-order valence-electron chi connectivity index (χ3n) is 3.69. The summed E-state index contributed by atoms with van der Waals surface area (Å²) < 4.78 is 1.83. The van der Waals surface area contributed by atoms with Gasteiger partial charge >= 0.3 is 0 Å². The van der Waals surface area contributed by atoms with Crippen LogP contribution in [0.1, 0.15) is 12.0 Å². The Kier molecular flexibility index (Phi) is 4.29. The summed E-state index contributed by atoms with van der Waals surface area (Å²) >= 11 is 3.31. The molecule has 2 aromatic heterocycles. The Hall–Kier alpha value is -2.08. The topological polar surface area (TPSA) is 62.7 Å². The average molecular weight is 361 g/mol. The highest BCUT2D eigenvalue weighted by Gasteiger charge is 2.06. The highest BCUT2D eigenvalue weighted by molar-refractivity contribution is 9.10. The van der Waals surface area contributed by atoms with E-state index in [1.807, 2.05) is 6.07 Å². The van der Waals surface area contributed by atoms with Gasteiger partial charge in [-0.05, 0) is 40.4 Å². The van der Waals surface area contributed by atoms with Crippen molar-refractivity contribution in [1.29, 1.82) is 0 Å². The number of hydrogen-bond donors (Lipinski definition) is 2. The number of nitrogens with zero attached hydrogens (tertiary/aromatic N) is 2. The number of aryl methyl sites for hydroxylation is 2. The monoisotopic (exact) mass is 360 g/mol. The molecule has 6 heteroatoms. The Morgan fingerprint density at radius 3 is 3.05 bits per heavy atom. The van der Waals surface area contributed by atoms with E-state index in [-0.39, 0.29) is 5.56 Å². The minimum Gasteiger partial charge on any atom is -0.383 e. The van der Waals surface area contributed by atoms with Crippen LogP contribution in [0.2, 0.25) is 0 Å². The first kappa shape index (κ1) is 14.8. The van der Waals surface area contributed by atoms with Crippen molar-refractivity contribution >= 4 is 32.5 Å². The molecule has 2 N–H and O–H groups in total. The van der Waals surface area contributed by atoms with Crippen LogP contribution >= 0.6 is 15.9 Å². The molecular weight excluding hydrogens is 344 g/mol. The second-order valence-electron chi connectivity index (χ2n) is 5.19. The number of hydrogen-bond acceptors (Lipinski definition) is 3. The predicted octanol–water partition coefficient (Wildman–Crippen LogP) is 3.07. The second kappa shape index (κ2) is 6.36. The number of fused-ring (bicyclic) bond motifs is 1. The molecule has 114 valence electrons. The number of halogens is 1. The lowest BCUT2D eigenvalue weighted by atomic mass is 10.1. The van der Waals surface area contributed by atoms with Crippen molar-refractivity contribution in [3.63, 3.8) is 0 Å². The van der Waals surface area contributed by atoms with Crippen molar-refractivity contribution in [3.05, 3.63) is 57.0 Å². The third-order valence-corrected chi connectivity index (χ3v) is 4.46. The maximum Gasteiger partial charge on any atom is 0.282 e. The van der Waals surface area contributed by atoms with E-state index < -0.39 is 0 Å². The van der Waals surface area contributed by atoms with Gasteiger partial charge in [-0.1, -0.05) is 18.2 Å². The van der Waals surface area contributed by atoms with E-state index in [9.17, 15) is 4.79 Å². The predicted molar refractivity (Wildman–Crippen MR) is 92.3 cm³/mol. The van der Waals surface area contributed by atoms with Crippen LogP contribution in [0.15, 0.2) is 45.9 Å². The largest absolute Gasteiger partial charge is 0.383 e. The van der Waals surface area contributed by atoms with Gasteiger partial charge in [-0.25, -0.2) is 4.68 Å². The molecule has 0 bridgehead atoms. The molecule has 0 amide bonds. The summed E-state index contributed by atoms with van der Waals surface area (Å²) in [5.74, 6) is 0. The Balaban J connectivity index is 1.60. The molecule has 22 heavy (non-hydrogen) atoms. The Labute approximate surface area is 136 Å². The van der Waals surface area contributed by atoms with E-state index in [0.29, 0.717) is 4.47 Å². The van der Waals surface area contributed by atoms with Crippen molar-refractivity contribution in [2.75, 3.05) is 11.9 Å². The first-order chi connectivity index (χ1) is 10.7. The summed E-state index contributed by atoms with van der Waals surface area (Å²) in [6, 6.07) is 8.31. The number of anilines is 1. The van der Waals surface area contributed by atoms with Crippen LogP contribution in [0.25, 0.3) is 10.9 Å². The van der Waals surface area contributed by atoms with Gasteiger partial charge < -0.3 is 10.3 Å². The highest BCUT2D eigenvalue weighted by Crippen LogP contribution is 2.19. The van der Waals surface area contributed by atoms with Crippen molar-refractivity contribution in [1.82, 2.24) is 14.8 Å². The molecule has 2 heterocycles. The van der Waals surface area contributed by atoms with Crippen LogP contribution in [0, 0.1) is 0 Å². The Morgan fingerprint density at radius 1 is 1.36 bits per heavy atom. The summed E-state index contributed by atoms with van der Waals surface area (Å²) in [6.45, 7) is 0.785. The van der Waals surface area contributed by atoms with E-state index >= 15 is 0 Å². The van der Waals surface area contributed by atoms with Gasteiger partial charge in [0.25, 0.3) is 5.56 Å². The molecule has 1 aromatic carbocycles.